The number of aromatic nitrogens is 3. The molecule has 0 saturated carbocycles. The lowest BCUT2D eigenvalue weighted by molar-refractivity contribution is 0.0532. The standard InChI is InChI=1S/C14H14FN5O2/c15-11-3-1-10(2-4-11)13(21)19-5-7-20(8-6-19)14(22)12-9-16-18-17-12/h1-4,9H,5-8H2,(H,16,17,18). The van der Waals surface area contributed by atoms with Crippen molar-refractivity contribution in [2.45, 2.75) is 0 Å². The van der Waals surface area contributed by atoms with Gasteiger partial charge in [0.2, 0.25) is 0 Å². The molecule has 2 heterocycles. The highest BCUT2D eigenvalue weighted by atomic mass is 19.1. The van der Waals surface area contributed by atoms with Gasteiger partial charge in [0.05, 0.1) is 6.20 Å². The van der Waals surface area contributed by atoms with Crippen LogP contribution in [0.1, 0.15) is 20.8 Å². The zero-order valence-electron chi connectivity index (χ0n) is 11.7. The van der Waals surface area contributed by atoms with Crippen LogP contribution in [-0.4, -0.2) is 63.2 Å². The molecule has 7 nitrogen and oxygen atoms in total. The van der Waals surface area contributed by atoms with Gasteiger partial charge in [-0.25, -0.2) is 4.39 Å². The summed E-state index contributed by atoms with van der Waals surface area (Å²) in [6.07, 6.45) is 1.37. The van der Waals surface area contributed by atoms with Crippen molar-refractivity contribution in [1.29, 1.82) is 0 Å². The van der Waals surface area contributed by atoms with Crippen LogP contribution in [0.2, 0.25) is 0 Å². The number of halogens is 1. The zero-order chi connectivity index (χ0) is 15.5. The number of amides is 2. The molecule has 0 atom stereocenters. The molecule has 1 aromatic carbocycles. The predicted octanol–water partition coefficient (Wildman–Crippen LogP) is 0.542. The topological polar surface area (TPSA) is 82.2 Å². The Morgan fingerprint density at radius 1 is 1.00 bits per heavy atom. The van der Waals surface area contributed by atoms with Crippen LogP contribution in [0.3, 0.4) is 0 Å². The number of rotatable bonds is 2. The summed E-state index contributed by atoms with van der Waals surface area (Å²) in [5.41, 5.74) is 0.705. The van der Waals surface area contributed by atoms with Gasteiger partial charge in [0.15, 0.2) is 5.69 Å². The molecule has 114 valence electrons. The normalized spacial score (nSPS) is 15.0. The Hall–Kier alpha value is -2.77. The van der Waals surface area contributed by atoms with Gasteiger partial charge in [-0.3, -0.25) is 9.59 Å². The van der Waals surface area contributed by atoms with E-state index >= 15 is 0 Å². The molecule has 1 fully saturated rings. The number of carbonyl (C=O) groups excluding carboxylic acids is 2. The van der Waals surface area contributed by atoms with Crippen molar-refractivity contribution in [3.05, 3.63) is 47.5 Å². The van der Waals surface area contributed by atoms with Crippen LogP contribution in [-0.2, 0) is 0 Å². The van der Waals surface area contributed by atoms with Crippen molar-refractivity contribution in [1.82, 2.24) is 25.2 Å². The molecule has 0 aliphatic carbocycles. The monoisotopic (exact) mass is 303 g/mol. The molecular weight excluding hydrogens is 289 g/mol. The fourth-order valence-electron chi connectivity index (χ4n) is 2.35. The van der Waals surface area contributed by atoms with Gasteiger partial charge in [-0.2, -0.15) is 15.4 Å². The summed E-state index contributed by atoms with van der Waals surface area (Å²) in [5, 5.41) is 9.77. The van der Waals surface area contributed by atoms with Crippen molar-refractivity contribution in [2.75, 3.05) is 26.2 Å². The Labute approximate surface area is 125 Å². The van der Waals surface area contributed by atoms with Gasteiger partial charge in [0.1, 0.15) is 5.82 Å². The van der Waals surface area contributed by atoms with Crippen molar-refractivity contribution in [2.24, 2.45) is 0 Å². The Morgan fingerprint density at radius 3 is 2.14 bits per heavy atom. The number of hydrogen-bond acceptors (Lipinski definition) is 4. The second kappa shape index (κ2) is 5.92. The maximum absolute atomic E-state index is 12.9. The third-order valence-corrected chi connectivity index (χ3v) is 3.58. The van der Waals surface area contributed by atoms with Crippen LogP contribution >= 0.6 is 0 Å². The Morgan fingerprint density at radius 2 is 1.59 bits per heavy atom. The maximum Gasteiger partial charge on any atom is 0.276 e. The van der Waals surface area contributed by atoms with E-state index < -0.39 is 0 Å². The third kappa shape index (κ3) is 2.80. The largest absolute Gasteiger partial charge is 0.335 e. The predicted molar refractivity (Wildman–Crippen MR) is 74.6 cm³/mol. The molecule has 1 aromatic heterocycles. The quantitative estimate of drug-likeness (QED) is 0.878. The summed E-state index contributed by atoms with van der Waals surface area (Å²) >= 11 is 0. The molecule has 0 unspecified atom stereocenters. The van der Waals surface area contributed by atoms with Gasteiger partial charge in [-0.1, -0.05) is 0 Å². The van der Waals surface area contributed by atoms with Crippen LogP contribution in [0, 0.1) is 5.82 Å². The van der Waals surface area contributed by atoms with Crippen LogP contribution in [0.4, 0.5) is 4.39 Å². The summed E-state index contributed by atoms with van der Waals surface area (Å²) in [4.78, 5) is 27.7. The summed E-state index contributed by atoms with van der Waals surface area (Å²) in [5.74, 6) is -0.740. The van der Waals surface area contributed by atoms with E-state index in [1.807, 2.05) is 0 Å². The summed E-state index contributed by atoms with van der Waals surface area (Å²) in [6.45, 7) is 1.72. The molecule has 0 radical (unpaired) electrons. The van der Waals surface area contributed by atoms with E-state index in [-0.39, 0.29) is 23.3 Å². The molecule has 0 bridgehead atoms. The second-order valence-electron chi connectivity index (χ2n) is 4.95. The van der Waals surface area contributed by atoms with Crippen molar-refractivity contribution in [3.8, 4) is 0 Å². The molecule has 3 rings (SSSR count). The molecule has 1 N–H and O–H groups in total. The maximum atomic E-state index is 12.9. The van der Waals surface area contributed by atoms with Gasteiger partial charge in [0.25, 0.3) is 11.8 Å². The van der Waals surface area contributed by atoms with E-state index in [2.05, 4.69) is 15.4 Å². The fraction of sp³-hybridized carbons (Fsp3) is 0.286. The average molecular weight is 303 g/mol. The van der Waals surface area contributed by atoms with Crippen molar-refractivity contribution in [3.63, 3.8) is 0 Å². The van der Waals surface area contributed by atoms with E-state index in [1.54, 1.807) is 9.80 Å². The molecular formula is C14H14FN5O2. The molecule has 8 heteroatoms. The molecule has 2 amide bonds. The first-order chi connectivity index (χ1) is 10.6. The Bertz CT molecular complexity index is 663. The highest BCUT2D eigenvalue weighted by Gasteiger charge is 2.26. The summed E-state index contributed by atoms with van der Waals surface area (Å²) < 4.78 is 12.9. The van der Waals surface area contributed by atoms with E-state index in [1.165, 1.54) is 30.5 Å². The van der Waals surface area contributed by atoms with Gasteiger partial charge in [-0.05, 0) is 24.3 Å². The van der Waals surface area contributed by atoms with Crippen molar-refractivity contribution >= 4 is 11.8 Å². The SMILES string of the molecule is O=C(c1ccc(F)cc1)N1CCN(C(=O)c2cn[nH]n2)CC1. The van der Waals surface area contributed by atoms with E-state index in [0.717, 1.165) is 0 Å². The third-order valence-electron chi connectivity index (χ3n) is 3.58. The number of hydrogen-bond donors (Lipinski definition) is 1. The van der Waals surface area contributed by atoms with Crippen LogP contribution in [0.5, 0.6) is 0 Å². The smallest absolute Gasteiger partial charge is 0.276 e. The summed E-state index contributed by atoms with van der Waals surface area (Å²) in [7, 11) is 0. The highest BCUT2D eigenvalue weighted by molar-refractivity contribution is 5.95. The first-order valence-electron chi connectivity index (χ1n) is 6.85. The van der Waals surface area contributed by atoms with Crippen molar-refractivity contribution < 1.29 is 14.0 Å². The molecule has 1 aliphatic rings. The van der Waals surface area contributed by atoms with Gasteiger partial charge >= 0.3 is 0 Å². The molecule has 0 spiro atoms. The van der Waals surface area contributed by atoms with Gasteiger partial charge < -0.3 is 9.80 Å². The lowest BCUT2D eigenvalue weighted by atomic mass is 10.1. The summed E-state index contributed by atoms with van der Waals surface area (Å²) in [6, 6.07) is 5.45. The number of carbonyl (C=O) groups is 2. The zero-order valence-corrected chi connectivity index (χ0v) is 11.7. The number of benzene rings is 1. The lowest BCUT2D eigenvalue weighted by Gasteiger charge is -2.34. The molecule has 22 heavy (non-hydrogen) atoms. The fourth-order valence-corrected chi connectivity index (χ4v) is 2.35. The second-order valence-corrected chi connectivity index (χ2v) is 4.95. The van der Waals surface area contributed by atoms with Gasteiger partial charge in [-0.15, -0.1) is 0 Å². The highest BCUT2D eigenvalue weighted by Crippen LogP contribution is 2.11. The minimum Gasteiger partial charge on any atom is -0.335 e. The average Bonchev–Trinajstić information content (AvgIpc) is 3.09. The Kier molecular flexibility index (Phi) is 3.82. The lowest BCUT2D eigenvalue weighted by Crippen LogP contribution is -2.50. The first-order valence-corrected chi connectivity index (χ1v) is 6.85. The number of nitrogens with zero attached hydrogens (tertiary/aromatic N) is 4. The van der Waals surface area contributed by atoms with Crippen LogP contribution < -0.4 is 0 Å². The molecule has 2 aromatic rings. The van der Waals surface area contributed by atoms with Crippen LogP contribution in [0.15, 0.2) is 30.5 Å². The minimum absolute atomic E-state index is 0.159. The van der Waals surface area contributed by atoms with Gasteiger partial charge in [0, 0.05) is 31.7 Å². The number of piperazine rings is 1. The number of aromatic amines is 1. The molecule has 1 saturated heterocycles. The van der Waals surface area contributed by atoms with E-state index in [9.17, 15) is 14.0 Å². The molecule has 1 aliphatic heterocycles. The Balaban J connectivity index is 1.60. The number of H-pyrrole nitrogens is 1. The minimum atomic E-state index is -0.375. The number of nitrogens with one attached hydrogen (secondary N) is 1. The van der Waals surface area contributed by atoms with E-state index in [4.69, 9.17) is 0 Å². The first kappa shape index (κ1) is 14.2. The van der Waals surface area contributed by atoms with Crippen LogP contribution in [0.25, 0.3) is 0 Å². The van der Waals surface area contributed by atoms with E-state index in [0.29, 0.717) is 31.7 Å².